The number of H-pyrrole nitrogens is 2. The standard InChI is InChI=1S/C19H21N3O4S.C18H36N4O11/c1-3-4-6-13-7-5-8-14(11-13)22(2)27(25,26)15-9-10-16-17(12-15)21-19(24)18(23)20-16;19-2-6-10(25)12(27)13(28)18(30-6)33-16-5(21)1-4(20)15(14(16)29)32-17-11(26)8(22)9(24)7(3-23)31-17/h5,7-12H,3-4,6H2,1-2H3,(H,20,23)(H,21,24);4-18,23-29H,1-3,19-22H2/t;4-,5+,6-,7-,8+,9-,10-,11-,12+,13-,14-,15+,16-,17-,18-/m.1/s1. The summed E-state index contributed by atoms with van der Waals surface area (Å²) < 4.78 is 49.4. The SMILES string of the molecule is CCCCc1cccc(N(C)S(=O)(=O)c2ccc3[nH]c(=O)c(=O)[nH]c3c2)c1.NC[C@H]1O[C@H](O[C@H]2[C@H](O)[C@@H](O[C@H]3O[C@H](CO)[C@@H](O)[C@H](N)[C@H]3O)[C@H](N)C[C@@H]2N)[C@H](O)[C@@H](O)[C@@H]1O. The minimum atomic E-state index is -3.82. The number of aryl methyl sites for hydroxylation is 1. The largest absolute Gasteiger partial charge is 0.394 e. The van der Waals surface area contributed by atoms with Crippen LogP contribution in [0.3, 0.4) is 0 Å². The zero-order chi connectivity index (χ0) is 44.2. The Kier molecular flexibility index (Phi) is 16.0. The number of unbranched alkanes of at least 4 members (excludes halogenated alkanes) is 1. The van der Waals surface area contributed by atoms with Crippen molar-refractivity contribution in [3.8, 4) is 0 Å². The topological polar surface area (TPSA) is 386 Å². The molecule has 2 aromatic carbocycles. The van der Waals surface area contributed by atoms with Crippen LogP contribution in [0.15, 0.2) is 56.9 Å². The summed E-state index contributed by atoms with van der Waals surface area (Å²) in [6, 6.07) is 8.79. The predicted octanol–water partition coefficient (Wildman–Crippen LogP) is -4.91. The van der Waals surface area contributed by atoms with Crippen molar-refractivity contribution in [2.45, 2.75) is 129 Å². The first kappa shape index (κ1) is 47.6. The number of anilines is 1. The molecule has 0 unspecified atom stereocenters. The number of benzene rings is 2. The summed E-state index contributed by atoms with van der Waals surface area (Å²) in [5, 5.41) is 70.9. The Labute approximate surface area is 344 Å². The lowest BCUT2D eigenvalue weighted by atomic mass is 9.84. The fraction of sp³-hybridized carbons (Fsp3) is 0.622. The van der Waals surface area contributed by atoms with Crippen molar-refractivity contribution in [3.63, 3.8) is 0 Å². The highest BCUT2D eigenvalue weighted by Gasteiger charge is 2.51. The minimum absolute atomic E-state index is 0.0270. The summed E-state index contributed by atoms with van der Waals surface area (Å²) in [7, 11) is -2.33. The van der Waals surface area contributed by atoms with Gasteiger partial charge in [-0.15, -0.1) is 0 Å². The number of sulfonamides is 1. The van der Waals surface area contributed by atoms with Crippen molar-refractivity contribution in [2.75, 3.05) is 24.5 Å². The molecule has 15 atom stereocenters. The van der Waals surface area contributed by atoms with Crippen molar-refractivity contribution in [3.05, 3.63) is 68.7 Å². The van der Waals surface area contributed by atoms with Crippen LogP contribution >= 0.6 is 0 Å². The second kappa shape index (κ2) is 20.1. The molecule has 17 N–H and O–H groups in total. The molecule has 22 nitrogen and oxygen atoms in total. The molecular formula is C37H57N7O15S. The number of hydrogen-bond donors (Lipinski definition) is 13. The molecule has 2 saturated heterocycles. The molecule has 3 fully saturated rings. The molecule has 1 saturated carbocycles. The van der Waals surface area contributed by atoms with E-state index in [2.05, 4.69) is 16.9 Å². The lowest BCUT2D eigenvalue weighted by molar-refractivity contribution is -0.332. The van der Waals surface area contributed by atoms with Gasteiger partial charge >= 0.3 is 11.1 Å². The number of rotatable bonds is 12. The zero-order valence-corrected chi connectivity index (χ0v) is 33.8. The number of aromatic amines is 2. The maximum atomic E-state index is 13.0. The van der Waals surface area contributed by atoms with Crippen molar-refractivity contribution >= 4 is 26.7 Å². The molecule has 0 amide bonds. The molecule has 3 aliphatic rings. The summed E-state index contributed by atoms with van der Waals surface area (Å²) in [4.78, 5) is 27.7. The van der Waals surface area contributed by atoms with Crippen LogP contribution in [0.2, 0.25) is 0 Å². The molecular weight excluding hydrogens is 815 g/mol. The summed E-state index contributed by atoms with van der Waals surface area (Å²) in [5.74, 6) is 0. The number of hydrogen-bond acceptors (Lipinski definition) is 19. The molecule has 0 bridgehead atoms. The van der Waals surface area contributed by atoms with E-state index in [0.717, 1.165) is 24.8 Å². The van der Waals surface area contributed by atoms with E-state index >= 15 is 0 Å². The number of aromatic nitrogens is 2. The van der Waals surface area contributed by atoms with E-state index in [1.807, 2.05) is 18.2 Å². The Morgan fingerprint density at radius 2 is 1.38 bits per heavy atom. The van der Waals surface area contributed by atoms with E-state index in [1.165, 1.54) is 29.6 Å². The van der Waals surface area contributed by atoms with E-state index in [4.69, 9.17) is 41.9 Å². The van der Waals surface area contributed by atoms with E-state index in [1.54, 1.807) is 6.07 Å². The van der Waals surface area contributed by atoms with Crippen LogP contribution < -0.4 is 38.4 Å². The Balaban J connectivity index is 0.000000232. The van der Waals surface area contributed by atoms with Gasteiger partial charge in [0.25, 0.3) is 10.0 Å². The number of aliphatic hydroxyl groups is 7. The third-order valence-corrected chi connectivity index (χ3v) is 12.7. The summed E-state index contributed by atoms with van der Waals surface area (Å²) >= 11 is 0. The van der Waals surface area contributed by atoms with Crippen LogP contribution in [0, 0.1) is 0 Å². The van der Waals surface area contributed by atoms with Crippen molar-refractivity contribution in [2.24, 2.45) is 22.9 Å². The first-order valence-electron chi connectivity index (χ1n) is 19.5. The van der Waals surface area contributed by atoms with Crippen LogP contribution in [-0.4, -0.2) is 166 Å². The number of fused-ring (bicyclic) bond motifs is 1. The summed E-state index contributed by atoms with van der Waals surface area (Å²) in [5.41, 5.74) is 24.2. The highest BCUT2D eigenvalue weighted by Crippen LogP contribution is 2.31. The van der Waals surface area contributed by atoms with Gasteiger partial charge in [-0.3, -0.25) is 13.9 Å². The first-order chi connectivity index (χ1) is 28.3. The smallest absolute Gasteiger partial charge is 0.314 e. The summed E-state index contributed by atoms with van der Waals surface area (Å²) in [6.07, 6.45) is -13.5. The minimum Gasteiger partial charge on any atom is -0.394 e. The van der Waals surface area contributed by atoms with Crippen molar-refractivity contribution in [1.82, 2.24) is 9.97 Å². The Hall–Kier alpha value is -3.47. The molecule has 1 aliphatic carbocycles. The van der Waals surface area contributed by atoms with E-state index in [9.17, 15) is 53.8 Å². The molecule has 3 heterocycles. The van der Waals surface area contributed by atoms with E-state index in [0.29, 0.717) is 11.2 Å². The molecule has 23 heteroatoms. The fourth-order valence-electron chi connectivity index (χ4n) is 7.24. The number of aliphatic hydroxyl groups excluding tert-OH is 7. The van der Waals surface area contributed by atoms with Crippen molar-refractivity contribution in [1.29, 1.82) is 0 Å². The van der Waals surface area contributed by atoms with Gasteiger partial charge in [-0.2, -0.15) is 0 Å². The Bertz CT molecular complexity index is 2060. The van der Waals surface area contributed by atoms with E-state index < -0.39 is 119 Å². The normalized spacial score (nSPS) is 34.8. The molecule has 0 spiro atoms. The Morgan fingerprint density at radius 3 is 1.98 bits per heavy atom. The molecule has 1 aromatic heterocycles. The number of ether oxygens (including phenoxy) is 4. The quantitative estimate of drug-likeness (QED) is 0.0759. The van der Waals surface area contributed by atoms with Crippen molar-refractivity contribution < 1.29 is 63.1 Å². The predicted molar refractivity (Wildman–Crippen MR) is 214 cm³/mol. The van der Waals surface area contributed by atoms with Gasteiger partial charge in [-0.25, -0.2) is 8.42 Å². The van der Waals surface area contributed by atoms with Crippen LogP contribution in [0.4, 0.5) is 5.69 Å². The van der Waals surface area contributed by atoms with Gasteiger partial charge in [-0.1, -0.05) is 25.5 Å². The highest BCUT2D eigenvalue weighted by molar-refractivity contribution is 7.92. The average molecular weight is 872 g/mol. The average Bonchev–Trinajstić information content (AvgIpc) is 3.23. The maximum Gasteiger partial charge on any atom is 0.314 e. The lowest BCUT2D eigenvalue weighted by Gasteiger charge is -2.48. The van der Waals surface area contributed by atoms with Gasteiger partial charge in [0.05, 0.1) is 34.3 Å². The molecule has 6 rings (SSSR count). The zero-order valence-electron chi connectivity index (χ0n) is 33.0. The lowest BCUT2D eigenvalue weighted by Crippen LogP contribution is -2.68. The van der Waals surface area contributed by atoms with E-state index in [-0.39, 0.29) is 23.4 Å². The van der Waals surface area contributed by atoms with Gasteiger partial charge < -0.3 is 87.6 Å². The first-order valence-corrected chi connectivity index (χ1v) is 20.9. The van der Waals surface area contributed by atoms with Gasteiger partial charge in [-0.05, 0) is 55.2 Å². The number of nitrogens with one attached hydrogen (secondary N) is 2. The molecule has 0 radical (unpaired) electrons. The Morgan fingerprint density at radius 1 is 0.783 bits per heavy atom. The van der Waals surface area contributed by atoms with Crippen LogP contribution in [-0.2, 0) is 35.4 Å². The maximum absolute atomic E-state index is 13.0. The molecule has 60 heavy (non-hydrogen) atoms. The number of nitrogens with zero attached hydrogens (tertiary/aromatic N) is 1. The highest BCUT2D eigenvalue weighted by atomic mass is 32.2. The van der Waals surface area contributed by atoms with Gasteiger partial charge in [0.2, 0.25) is 0 Å². The van der Waals surface area contributed by atoms with Gasteiger partial charge in [0, 0.05) is 25.7 Å². The number of nitrogens with two attached hydrogens (primary N) is 4. The monoisotopic (exact) mass is 871 g/mol. The summed E-state index contributed by atoms with van der Waals surface area (Å²) in [6.45, 7) is 1.35. The molecule has 2 aliphatic heterocycles. The van der Waals surface area contributed by atoms with Crippen LogP contribution in [0.1, 0.15) is 31.7 Å². The van der Waals surface area contributed by atoms with Gasteiger partial charge in [0.15, 0.2) is 12.6 Å². The molecule has 3 aromatic rings. The third kappa shape index (κ3) is 10.2. The fourth-order valence-corrected chi connectivity index (χ4v) is 8.45. The van der Waals surface area contributed by atoms with Gasteiger partial charge in [0.1, 0.15) is 61.0 Å². The van der Waals surface area contributed by atoms with Crippen LogP contribution in [0.5, 0.6) is 0 Å². The molecule has 336 valence electrons. The second-order valence-electron chi connectivity index (χ2n) is 15.2. The third-order valence-electron chi connectivity index (χ3n) is 10.9. The second-order valence-corrected chi connectivity index (χ2v) is 17.1. The van der Waals surface area contributed by atoms with Crippen LogP contribution in [0.25, 0.3) is 11.0 Å².